The summed E-state index contributed by atoms with van der Waals surface area (Å²) in [6.07, 6.45) is -3.67. The minimum atomic E-state index is -1.83. The molecule has 0 rings (SSSR count). The van der Waals surface area contributed by atoms with Gasteiger partial charge >= 0.3 is 13.5 Å². The lowest BCUT2D eigenvalue weighted by Gasteiger charge is -2.31. The van der Waals surface area contributed by atoms with Gasteiger partial charge in [-0.15, -0.1) is 0 Å². The molecule has 0 saturated carbocycles. The second kappa shape index (κ2) is 11.9. The highest BCUT2D eigenvalue weighted by Gasteiger charge is 2.36. The maximum Gasteiger partial charge on any atom is 0.606 e. The molecule has 144 valence electrons. The van der Waals surface area contributed by atoms with Crippen molar-refractivity contribution in [3.8, 4) is 0 Å². The third-order valence-corrected chi connectivity index (χ3v) is 4.05. The minimum Gasteiger partial charge on any atom is -0.450 e. The number of halogens is 2. The van der Waals surface area contributed by atoms with Crippen LogP contribution in [0.15, 0.2) is 12.7 Å². The molecule has 0 fully saturated rings. The van der Waals surface area contributed by atoms with Crippen molar-refractivity contribution < 1.29 is 36.8 Å². The average Bonchev–Trinajstić information content (AvgIpc) is 2.04. The molecule has 0 unspecified atom stereocenters. The van der Waals surface area contributed by atoms with Gasteiger partial charge in [-0.1, -0.05) is 0 Å². The first-order chi connectivity index (χ1) is 10.2. The lowest BCUT2D eigenvalue weighted by molar-refractivity contribution is 0.137. The molecular formula is C12H31BF2O6Si3. The van der Waals surface area contributed by atoms with E-state index in [0.717, 1.165) is 0 Å². The number of hydrogen-bond donors (Lipinski definition) is 2. The van der Waals surface area contributed by atoms with E-state index in [1.807, 2.05) is 0 Å². The van der Waals surface area contributed by atoms with Gasteiger partial charge in [0.1, 0.15) is 0 Å². The Balaban J connectivity index is -0.000000457. The summed E-state index contributed by atoms with van der Waals surface area (Å²) >= 11 is 0. The number of carbonyl (C=O) groups is 1. The fourth-order valence-corrected chi connectivity index (χ4v) is 3.25. The van der Waals surface area contributed by atoms with Crippen LogP contribution in [0.25, 0.3) is 0 Å². The number of carboxylic acid groups (broad SMARTS) is 2. The highest BCUT2D eigenvalue weighted by molar-refractivity contribution is 6.83. The van der Waals surface area contributed by atoms with E-state index < -0.39 is 44.5 Å². The van der Waals surface area contributed by atoms with Crippen molar-refractivity contribution in [2.24, 2.45) is 0 Å². The molecule has 0 bridgehead atoms. The molecule has 0 aliphatic rings. The van der Waals surface area contributed by atoms with Crippen molar-refractivity contribution in [1.29, 1.82) is 0 Å². The van der Waals surface area contributed by atoms with Crippen molar-refractivity contribution >= 4 is 38.4 Å². The Morgan fingerprint density at radius 2 is 0.917 bits per heavy atom. The second-order valence-corrected chi connectivity index (χ2v) is 21.0. The Hall–Kier alpha value is -0.534. The summed E-state index contributed by atoms with van der Waals surface area (Å²) in [4.78, 5) is 8.56. The first-order valence-corrected chi connectivity index (χ1v) is 17.4. The molecule has 0 aromatic heterocycles. The lowest BCUT2D eigenvalue weighted by Crippen LogP contribution is -2.49. The minimum absolute atomic E-state index is 0.454. The largest absolute Gasteiger partial charge is 0.606 e. The van der Waals surface area contributed by atoms with E-state index in [1.54, 1.807) is 0 Å². The fraction of sp³-hybridized carbons (Fsp3) is 0.750. The average molecular weight is 404 g/mol. The monoisotopic (exact) mass is 404 g/mol. The Bertz CT molecular complexity index is 322. The highest BCUT2D eigenvalue weighted by atomic mass is 28.4. The molecule has 12 heteroatoms. The van der Waals surface area contributed by atoms with Gasteiger partial charge in [-0.3, -0.25) is 0 Å². The summed E-state index contributed by atoms with van der Waals surface area (Å²) < 4.78 is 38.1. The molecule has 0 amide bonds. The quantitative estimate of drug-likeness (QED) is 0.596. The van der Waals surface area contributed by atoms with E-state index >= 15 is 0 Å². The first kappa shape index (κ1) is 28.3. The maximum absolute atomic E-state index is 10.1. The molecule has 0 aliphatic heterocycles. The van der Waals surface area contributed by atoms with Gasteiger partial charge in [0.25, 0.3) is 6.08 Å². The van der Waals surface area contributed by atoms with Gasteiger partial charge in [-0.05, 0) is 65.5 Å². The molecule has 2 N–H and O–H groups in total. The Labute approximate surface area is 147 Å². The van der Waals surface area contributed by atoms with Crippen LogP contribution in [0.2, 0.25) is 58.9 Å². The summed E-state index contributed by atoms with van der Waals surface area (Å²) in [6.45, 7) is 21.6. The van der Waals surface area contributed by atoms with Gasteiger partial charge in [0.05, 0.1) is 0 Å². The van der Waals surface area contributed by atoms with E-state index in [0.29, 0.717) is 0 Å². The van der Waals surface area contributed by atoms with E-state index in [-0.39, 0.29) is 0 Å². The molecule has 0 aromatic carbocycles. The predicted octanol–water partition coefficient (Wildman–Crippen LogP) is 5.14. The molecule has 0 aliphatic carbocycles. The van der Waals surface area contributed by atoms with Crippen LogP contribution >= 0.6 is 0 Å². The van der Waals surface area contributed by atoms with Crippen LogP contribution in [0.4, 0.5) is 13.6 Å². The molecule has 0 aromatic rings. The third kappa shape index (κ3) is 43.0. The Morgan fingerprint density at radius 1 is 0.792 bits per heavy atom. The fourth-order valence-electron chi connectivity index (χ4n) is 0.938. The van der Waals surface area contributed by atoms with Crippen LogP contribution in [-0.4, -0.2) is 48.6 Å². The molecule has 6 nitrogen and oxygen atoms in total. The molecule has 0 saturated heterocycles. The van der Waals surface area contributed by atoms with Crippen LogP contribution in [0, 0.1) is 0 Å². The molecule has 0 spiro atoms. The highest BCUT2D eigenvalue weighted by Crippen LogP contribution is 2.16. The van der Waals surface area contributed by atoms with Gasteiger partial charge < -0.3 is 23.2 Å². The van der Waals surface area contributed by atoms with Crippen LogP contribution in [-0.2, 0) is 13.0 Å². The smallest absolute Gasteiger partial charge is 0.450 e. The van der Waals surface area contributed by atoms with E-state index in [1.165, 1.54) is 0 Å². The van der Waals surface area contributed by atoms with E-state index in [4.69, 9.17) is 28.0 Å². The van der Waals surface area contributed by atoms with Gasteiger partial charge in [-0.25, -0.2) is 4.79 Å². The van der Waals surface area contributed by atoms with Crippen LogP contribution < -0.4 is 0 Å². The van der Waals surface area contributed by atoms with E-state index in [9.17, 15) is 8.78 Å². The summed E-state index contributed by atoms with van der Waals surface area (Å²) in [5, 5.41) is 13.9. The van der Waals surface area contributed by atoms with Gasteiger partial charge in [0.2, 0.25) is 0 Å². The summed E-state index contributed by atoms with van der Waals surface area (Å²) in [6, 6.07) is 0. The van der Waals surface area contributed by atoms with Crippen LogP contribution in [0.3, 0.4) is 0 Å². The molecule has 24 heavy (non-hydrogen) atoms. The standard InChI is InChI=1S/C9H27BO3Si3.C2H2F2.CH2O3/c1-14(2,3)11-10(12-15(4,5)6)13-16(7,8)9;1-2(3)4;2-1(3)4/h1-9H3;1H2;(H2,2,3,4). The maximum atomic E-state index is 10.1. The Morgan fingerprint density at radius 3 is 1.00 bits per heavy atom. The SMILES string of the molecule is C=C(F)F.C[Si](C)(C)OB(O[Si](C)(C)C)O[Si](C)(C)C.O=C(O)O. The Kier molecular flexibility index (Phi) is 14.0. The predicted molar refractivity (Wildman–Crippen MR) is 101 cm³/mol. The van der Waals surface area contributed by atoms with Crippen molar-refractivity contribution in [3.63, 3.8) is 0 Å². The van der Waals surface area contributed by atoms with Crippen molar-refractivity contribution in [3.05, 3.63) is 12.7 Å². The number of hydrogen-bond acceptors (Lipinski definition) is 4. The molecular weight excluding hydrogens is 373 g/mol. The zero-order valence-corrected chi connectivity index (χ0v) is 19.1. The number of rotatable bonds is 6. The first-order valence-electron chi connectivity index (χ1n) is 7.20. The summed E-state index contributed by atoms with van der Waals surface area (Å²) in [5.41, 5.74) is 0. The molecule has 0 atom stereocenters. The third-order valence-electron chi connectivity index (χ3n) is 1.35. The topological polar surface area (TPSA) is 85.2 Å². The summed E-state index contributed by atoms with van der Waals surface area (Å²) in [7, 11) is -5.33. The van der Waals surface area contributed by atoms with Crippen LogP contribution in [0.1, 0.15) is 0 Å². The molecule has 0 radical (unpaired) electrons. The normalized spacial score (nSPS) is 11.5. The van der Waals surface area contributed by atoms with Crippen molar-refractivity contribution in [2.45, 2.75) is 58.9 Å². The van der Waals surface area contributed by atoms with Gasteiger partial charge in [0, 0.05) is 0 Å². The van der Waals surface area contributed by atoms with E-state index in [2.05, 4.69) is 65.5 Å². The van der Waals surface area contributed by atoms with Crippen LogP contribution in [0.5, 0.6) is 0 Å². The lowest BCUT2D eigenvalue weighted by atomic mass is 10.3. The molecule has 0 heterocycles. The zero-order chi connectivity index (χ0) is 20.4. The van der Waals surface area contributed by atoms with Crippen molar-refractivity contribution in [2.75, 3.05) is 0 Å². The zero-order valence-electron chi connectivity index (χ0n) is 16.1. The summed E-state index contributed by atoms with van der Waals surface area (Å²) in [5.74, 6) is 0. The van der Waals surface area contributed by atoms with Crippen molar-refractivity contribution in [1.82, 2.24) is 0 Å². The van der Waals surface area contributed by atoms with Gasteiger partial charge in [-0.2, -0.15) is 8.78 Å². The second-order valence-electron chi connectivity index (χ2n) is 7.60. The van der Waals surface area contributed by atoms with Gasteiger partial charge in [0.15, 0.2) is 25.0 Å².